The second-order valence-corrected chi connectivity index (χ2v) is 6.03. The Hall–Kier alpha value is -2.28. The Balaban J connectivity index is 2.17. The van der Waals surface area contributed by atoms with Crippen LogP contribution in [0.4, 0.5) is 5.95 Å². The summed E-state index contributed by atoms with van der Waals surface area (Å²) >= 11 is 0. The highest BCUT2D eigenvalue weighted by molar-refractivity contribution is 5.92. The van der Waals surface area contributed by atoms with Gasteiger partial charge in [-0.05, 0) is 32.4 Å². The van der Waals surface area contributed by atoms with Gasteiger partial charge in [0.2, 0.25) is 5.95 Å². The molecule has 112 valence electrons. The van der Waals surface area contributed by atoms with Crippen molar-refractivity contribution in [3.8, 4) is 0 Å². The molecule has 0 saturated carbocycles. The molecule has 0 atom stereocenters. The fraction of sp³-hybridized carbons (Fsp3) is 0.429. The molecule has 21 heavy (non-hydrogen) atoms. The summed E-state index contributed by atoms with van der Waals surface area (Å²) in [4.78, 5) is 18.8. The first-order valence-electron chi connectivity index (χ1n) is 6.83. The van der Waals surface area contributed by atoms with Crippen LogP contribution in [0.2, 0.25) is 0 Å². The molecule has 0 amide bonds. The van der Waals surface area contributed by atoms with Crippen LogP contribution in [0.25, 0.3) is 22.1 Å². The quantitative estimate of drug-likeness (QED) is 0.668. The van der Waals surface area contributed by atoms with Crippen LogP contribution in [0, 0.1) is 0 Å². The standard InChI is InChI=1S/C14H19N5O2/c1-14(2,21)4-5-19-11-7-10-8(17-13(20)18(10)3)6-9(11)16-12(19)15/h6-7,21H,4-5H2,1-3H3,(H2,15,16)(H,17,20). The zero-order valence-corrected chi connectivity index (χ0v) is 12.3. The Morgan fingerprint density at radius 2 is 2.10 bits per heavy atom. The van der Waals surface area contributed by atoms with E-state index >= 15 is 0 Å². The van der Waals surface area contributed by atoms with Gasteiger partial charge in [0.05, 0.1) is 27.7 Å². The number of nitrogens with one attached hydrogen (secondary N) is 1. The molecule has 0 fully saturated rings. The summed E-state index contributed by atoms with van der Waals surface area (Å²) in [5.74, 6) is 0.409. The highest BCUT2D eigenvalue weighted by Crippen LogP contribution is 2.24. The number of hydrogen-bond acceptors (Lipinski definition) is 4. The van der Waals surface area contributed by atoms with Gasteiger partial charge in [-0.3, -0.25) is 4.57 Å². The zero-order chi connectivity index (χ0) is 15.4. The molecule has 0 radical (unpaired) electrons. The van der Waals surface area contributed by atoms with Crippen LogP contribution in [0.1, 0.15) is 20.3 Å². The number of aromatic amines is 1. The van der Waals surface area contributed by atoms with Crippen LogP contribution in [-0.2, 0) is 13.6 Å². The van der Waals surface area contributed by atoms with Gasteiger partial charge in [-0.15, -0.1) is 0 Å². The van der Waals surface area contributed by atoms with Gasteiger partial charge in [0.1, 0.15) is 0 Å². The lowest BCUT2D eigenvalue weighted by molar-refractivity contribution is 0.0667. The van der Waals surface area contributed by atoms with Crippen molar-refractivity contribution in [3.63, 3.8) is 0 Å². The number of anilines is 1. The fourth-order valence-corrected chi connectivity index (χ4v) is 2.49. The third-order valence-corrected chi connectivity index (χ3v) is 3.75. The van der Waals surface area contributed by atoms with Crippen LogP contribution >= 0.6 is 0 Å². The van der Waals surface area contributed by atoms with E-state index in [1.54, 1.807) is 25.5 Å². The predicted molar refractivity (Wildman–Crippen MR) is 82.2 cm³/mol. The Morgan fingerprint density at radius 3 is 2.76 bits per heavy atom. The Bertz CT molecular complexity index is 879. The smallest absolute Gasteiger partial charge is 0.326 e. The fourth-order valence-electron chi connectivity index (χ4n) is 2.49. The monoisotopic (exact) mass is 289 g/mol. The van der Waals surface area contributed by atoms with E-state index < -0.39 is 5.60 Å². The van der Waals surface area contributed by atoms with Crippen molar-refractivity contribution in [2.75, 3.05) is 5.73 Å². The van der Waals surface area contributed by atoms with E-state index in [9.17, 15) is 9.90 Å². The van der Waals surface area contributed by atoms with Crippen LogP contribution in [-0.4, -0.2) is 29.8 Å². The van der Waals surface area contributed by atoms with Gasteiger partial charge in [-0.2, -0.15) is 0 Å². The molecule has 0 aliphatic heterocycles. The van der Waals surface area contributed by atoms with Crippen molar-refractivity contribution in [1.82, 2.24) is 19.1 Å². The molecule has 0 bridgehead atoms. The second-order valence-electron chi connectivity index (χ2n) is 6.03. The van der Waals surface area contributed by atoms with Crippen molar-refractivity contribution in [2.24, 2.45) is 7.05 Å². The molecule has 0 aliphatic carbocycles. The summed E-state index contributed by atoms with van der Waals surface area (Å²) in [7, 11) is 1.72. The zero-order valence-electron chi connectivity index (χ0n) is 12.3. The molecular weight excluding hydrogens is 270 g/mol. The summed E-state index contributed by atoms with van der Waals surface area (Å²) in [5.41, 5.74) is 8.18. The molecule has 0 spiro atoms. The van der Waals surface area contributed by atoms with E-state index in [-0.39, 0.29) is 5.69 Å². The highest BCUT2D eigenvalue weighted by atomic mass is 16.3. The second kappa shape index (κ2) is 4.36. The molecule has 2 aromatic heterocycles. The number of hydrogen-bond donors (Lipinski definition) is 3. The number of rotatable bonds is 3. The number of nitrogens with zero attached hydrogens (tertiary/aromatic N) is 3. The third kappa shape index (κ3) is 2.29. The molecule has 0 unspecified atom stereocenters. The largest absolute Gasteiger partial charge is 0.390 e. The normalized spacial score (nSPS) is 12.6. The molecule has 2 heterocycles. The predicted octanol–water partition coefficient (Wildman–Crippen LogP) is 0.959. The first kappa shape index (κ1) is 13.7. The summed E-state index contributed by atoms with van der Waals surface area (Å²) < 4.78 is 3.42. The van der Waals surface area contributed by atoms with Crippen molar-refractivity contribution in [3.05, 3.63) is 22.6 Å². The number of aryl methyl sites for hydroxylation is 2. The van der Waals surface area contributed by atoms with Crippen molar-refractivity contribution >= 4 is 28.0 Å². The van der Waals surface area contributed by atoms with Gasteiger partial charge in [0.25, 0.3) is 0 Å². The first-order valence-corrected chi connectivity index (χ1v) is 6.83. The Kier molecular flexibility index (Phi) is 2.84. The van der Waals surface area contributed by atoms with E-state index in [0.29, 0.717) is 18.9 Å². The maximum atomic E-state index is 11.7. The number of nitrogens with two attached hydrogens (primary N) is 1. The van der Waals surface area contributed by atoms with Crippen LogP contribution in [0.3, 0.4) is 0 Å². The molecule has 0 aliphatic rings. The van der Waals surface area contributed by atoms with Gasteiger partial charge in [0.15, 0.2) is 0 Å². The maximum absolute atomic E-state index is 11.7. The topological polar surface area (TPSA) is 102 Å². The average Bonchev–Trinajstić information content (AvgIpc) is 2.81. The Labute approximate surface area is 121 Å². The number of imidazole rings is 2. The van der Waals surface area contributed by atoms with Gasteiger partial charge < -0.3 is 20.4 Å². The number of aromatic nitrogens is 4. The van der Waals surface area contributed by atoms with Gasteiger partial charge in [0, 0.05) is 13.6 Å². The van der Waals surface area contributed by atoms with E-state index in [1.807, 2.05) is 16.7 Å². The molecular formula is C14H19N5O2. The van der Waals surface area contributed by atoms with Crippen LogP contribution in [0.5, 0.6) is 0 Å². The number of benzene rings is 1. The minimum absolute atomic E-state index is 0.159. The van der Waals surface area contributed by atoms with E-state index in [1.165, 1.54) is 0 Å². The molecule has 7 heteroatoms. The molecule has 7 nitrogen and oxygen atoms in total. The number of nitrogen functional groups attached to an aromatic ring is 1. The van der Waals surface area contributed by atoms with Gasteiger partial charge in [-0.25, -0.2) is 9.78 Å². The lowest BCUT2D eigenvalue weighted by atomic mass is 10.1. The van der Waals surface area contributed by atoms with Crippen LogP contribution in [0.15, 0.2) is 16.9 Å². The SMILES string of the molecule is Cn1c(=O)[nH]c2cc3nc(N)n(CCC(C)(C)O)c3cc21. The average molecular weight is 289 g/mol. The number of fused-ring (bicyclic) bond motifs is 2. The Morgan fingerprint density at radius 1 is 1.38 bits per heavy atom. The third-order valence-electron chi connectivity index (χ3n) is 3.75. The minimum Gasteiger partial charge on any atom is -0.390 e. The first-order chi connectivity index (χ1) is 9.76. The summed E-state index contributed by atoms with van der Waals surface area (Å²) in [6.45, 7) is 4.09. The lowest BCUT2D eigenvalue weighted by Gasteiger charge is -2.17. The number of H-pyrrole nitrogens is 1. The minimum atomic E-state index is -0.770. The summed E-state index contributed by atoms with van der Waals surface area (Å²) in [6.07, 6.45) is 0.562. The van der Waals surface area contributed by atoms with Gasteiger partial charge in [-0.1, -0.05) is 0 Å². The van der Waals surface area contributed by atoms with Crippen molar-refractivity contribution in [1.29, 1.82) is 0 Å². The number of aliphatic hydroxyl groups is 1. The molecule has 3 rings (SSSR count). The lowest BCUT2D eigenvalue weighted by Crippen LogP contribution is -2.21. The van der Waals surface area contributed by atoms with E-state index in [0.717, 1.165) is 22.1 Å². The maximum Gasteiger partial charge on any atom is 0.326 e. The highest BCUT2D eigenvalue weighted by Gasteiger charge is 2.16. The van der Waals surface area contributed by atoms with E-state index in [2.05, 4.69) is 9.97 Å². The molecule has 3 aromatic rings. The summed E-state index contributed by atoms with van der Waals surface area (Å²) in [5, 5.41) is 9.87. The van der Waals surface area contributed by atoms with Crippen molar-refractivity contribution in [2.45, 2.75) is 32.4 Å². The summed E-state index contributed by atoms with van der Waals surface area (Å²) in [6, 6.07) is 3.72. The molecule has 0 saturated heterocycles. The van der Waals surface area contributed by atoms with E-state index in [4.69, 9.17) is 5.73 Å². The van der Waals surface area contributed by atoms with Crippen LogP contribution < -0.4 is 11.4 Å². The molecule has 1 aromatic carbocycles. The molecule has 4 N–H and O–H groups in total. The van der Waals surface area contributed by atoms with Crippen molar-refractivity contribution < 1.29 is 5.11 Å². The van der Waals surface area contributed by atoms with Gasteiger partial charge >= 0.3 is 5.69 Å².